The van der Waals surface area contributed by atoms with E-state index in [1.807, 2.05) is 0 Å². The molecule has 124 valence electrons. The number of rotatable bonds is 9. The lowest BCUT2D eigenvalue weighted by molar-refractivity contribution is -0.148. The number of unbranched alkanes of at least 4 members (excludes halogenated alkanes) is 2. The van der Waals surface area contributed by atoms with Gasteiger partial charge in [-0.3, -0.25) is 14.4 Å². The van der Waals surface area contributed by atoms with Gasteiger partial charge < -0.3 is 15.0 Å². The summed E-state index contributed by atoms with van der Waals surface area (Å²) in [5, 5.41) is 2.72. The maximum Gasteiger partial charge on any atom is 0.325 e. The molecule has 0 aromatic rings. The highest BCUT2D eigenvalue weighted by Crippen LogP contribution is 1.96. The van der Waals surface area contributed by atoms with Gasteiger partial charge in [0.1, 0.15) is 12.3 Å². The van der Waals surface area contributed by atoms with Crippen LogP contribution in [0, 0.1) is 0 Å². The fraction of sp³-hybridized carbons (Fsp3) is 0.800. The Morgan fingerprint density at radius 2 is 1.76 bits per heavy atom. The molecule has 0 aliphatic carbocycles. The van der Waals surface area contributed by atoms with Crippen molar-refractivity contribution in [2.45, 2.75) is 46.5 Å². The van der Waals surface area contributed by atoms with E-state index in [1.54, 1.807) is 27.9 Å². The van der Waals surface area contributed by atoms with Gasteiger partial charge in [-0.2, -0.15) is 0 Å². The molecule has 0 spiro atoms. The van der Waals surface area contributed by atoms with Crippen LogP contribution >= 0.6 is 0 Å². The summed E-state index contributed by atoms with van der Waals surface area (Å²) in [4.78, 5) is 33.7. The van der Waals surface area contributed by atoms with E-state index >= 15 is 0 Å². The number of amides is 1. The summed E-state index contributed by atoms with van der Waals surface area (Å²) in [6.45, 7) is 6.41. The first-order valence-corrected chi connectivity index (χ1v) is 7.42. The van der Waals surface area contributed by atoms with Gasteiger partial charge in [0.05, 0.1) is 13.2 Å². The molecule has 0 fully saturated rings. The molecule has 0 aliphatic rings. The molecule has 0 bridgehead atoms. The van der Waals surface area contributed by atoms with Crippen LogP contribution in [0.15, 0.2) is 0 Å². The second-order valence-electron chi connectivity index (χ2n) is 4.76. The Morgan fingerprint density at radius 1 is 1.14 bits per heavy atom. The third kappa shape index (κ3) is 16.5. The van der Waals surface area contributed by atoms with E-state index in [4.69, 9.17) is 4.74 Å². The van der Waals surface area contributed by atoms with Gasteiger partial charge in [-0.25, -0.2) is 0 Å². The lowest BCUT2D eigenvalue weighted by atomic mass is 10.3. The van der Waals surface area contributed by atoms with Gasteiger partial charge in [0.15, 0.2) is 0 Å². The molecule has 0 aromatic heterocycles. The molecule has 0 aromatic carbocycles. The lowest BCUT2D eigenvalue weighted by Gasteiger charge is -2.15. The number of nitrogens with zero attached hydrogens (tertiary/aromatic N) is 1. The Labute approximate surface area is 128 Å². The van der Waals surface area contributed by atoms with Crippen LogP contribution in [-0.2, 0) is 19.1 Å². The van der Waals surface area contributed by atoms with Crippen molar-refractivity contribution < 1.29 is 19.1 Å². The van der Waals surface area contributed by atoms with Gasteiger partial charge >= 0.3 is 5.97 Å². The van der Waals surface area contributed by atoms with Crippen molar-refractivity contribution in [3.05, 3.63) is 0 Å². The summed E-state index contributed by atoms with van der Waals surface area (Å²) in [6.07, 6.45) is 3.48. The Bertz CT molecular complexity index is 306. The second-order valence-corrected chi connectivity index (χ2v) is 4.76. The molecule has 0 aliphatic heterocycles. The monoisotopic (exact) mass is 302 g/mol. The zero-order valence-corrected chi connectivity index (χ0v) is 14.0. The van der Waals surface area contributed by atoms with Gasteiger partial charge in [0, 0.05) is 13.5 Å². The van der Waals surface area contributed by atoms with E-state index < -0.39 is 0 Å². The first kappa shape index (κ1) is 21.9. The number of ketones is 1. The van der Waals surface area contributed by atoms with Crippen LogP contribution in [0.25, 0.3) is 0 Å². The van der Waals surface area contributed by atoms with E-state index in [0.29, 0.717) is 19.6 Å². The van der Waals surface area contributed by atoms with Crippen LogP contribution in [0.5, 0.6) is 0 Å². The lowest BCUT2D eigenvalue weighted by Crippen LogP contribution is -2.32. The number of hydrogen-bond acceptors (Lipinski definition) is 5. The van der Waals surface area contributed by atoms with Crippen molar-refractivity contribution in [3.63, 3.8) is 0 Å². The summed E-state index contributed by atoms with van der Waals surface area (Å²) in [6, 6.07) is 0. The van der Waals surface area contributed by atoms with Crippen LogP contribution in [-0.4, -0.2) is 56.4 Å². The van der Waals surface area contributed by atoms with Crippen LogP contribution in [0.4, 0.5) is 0 Å². The summed E-state index contributed by atoms with van der Waals surface area (Å²) in [7, 11) is 3.36. The third-order valence-corrected chi connectivity index (χ3v) is 2.53. The molecule has 21 heavy (non-hydrogen) atoms. The van der Waals surface area contributed by atoms with E-state index in [9.17, 15) is 14.4 Å². The van der Waals surface area contributed by atoms with Crippen molar-refractivity contribution >= 4 is 17.7 Å². The van der Waals surface area contributed by atoms with E-state index in [1.165, 1.54) is 4.90 Å². The van der Waals surface area contributed by atoms with Crippen LogP contribution in [0.2, 0.25) is 0 Å². The predicted molar refractivity (Wildman–Crippen MR) is 83.0 cm³/mol. The third-order valence-electron chi connectivity index (χ3n) is 2.53. The number of carbonyl (C=O) groups excluding carboxylic acids is 3. The number of likely N-dealkylation sites (N-methyl/N-ethyl adjacent to an activating group) is 2. The van der Waals surface area contributed by atoms with Gasteiger partial charge in [0.2, 0.25) is 5.91 Å². The number of esters is 1. The molecule has 0 saturated carbocycles. The summed E-state index contributed by atoms with van der Waals surface area (Å²) in [5.41, 5.74) is 0. The van der Waals surface area contributed by atoms with Crippen molar-refractivity contribution in [1.82, 2.24) is 10.2 Å². The molecule has 0 unspecified atom stereocenters. The van der Waals surface area contributed by atoms with Crippen molar-refractivity contribution in [1.29, 1.82) is 0 Å². The molecule has 0 heterocycles. The fourth-order valence-corrected chi connectivity index (χ4v) is 1.38. The minimum Gasteiger partial charge on any atom is -0.464 e. The van der Waals surface area contributed by atoms with Crippen molar-refractivity contribution in [3.8, 4) is 0 Å². The standard InChI is InChI=1S/C11H21NO3.C4H9NO/c1-4-6-7-8-15-11(14)9-12(3)10(13)5-2;1-4(6)3-5-2/h4-9H2,1-3H3;5H,3H2,1-2H3. The molecular formula is C15H30N2O4. The minimum atomic E-state index is -0.324. The molecule has 1 amide bonds. The zero-order valence-electron chi connectivity index (χ0n) is 14.0. The van der Waals surface area contributed by atoms with Crippen LogP contribution < -0.4 is 5.32 Å². The quantitative estimate of drug-likeness (QED) is 0.514. The molecule has 1 N–H and O–H groups in total. The predicted octanol–water partition coefficient (Wildman–Crippen LogP) is 1.38. The number of hydrogen-bond donors (Lipinski definition) is 1. The number of Topliss-reactive ketones (excluding diaryl/α,β-unsaturated/α-hetero) is 1. The second kappa shape index (κ2) is 15.0. The molecule has 0 rings (SSSR count). The summed E-state index contributed by atoms with van der Waals surface area (Å²) in [5.74, 6) is -0.187. The van der Waals surface area contributed by atoms with Gasteiger partial charge in [-0.1, -0.05) is 26.7 Å². The molecular weight excluding hydrogens is 272 g/mol. The van der Waals surface area contributed by atoms with Crippen molar-refractivity contribution in [2.24, 2.45) is 0 Å². The van der Waals surface area contributed by atoms with E-state index in [0.717, 1.165) is 19.3 Å². The maximum atomic E-state index is 11.2. The van der Waals surface area contributed by atoms with E-state index in [-0.39, 0.29) is 24.2 Å². The van der Waals surface area contributed by atoms with Crippen LogP contribution in [0.3, 0.4) is 0 Å². The maximum absolute atomic E-state index is 11.2. The summed E-state index contributed by atoms with van der Waals surface area (Å²) >= 11 is 0. The zero-order chi connectivity index (χ0) is 16.7. The SMILES string of the molecule is CCCCCOC(=O)CN(C)C(=O)CC.CNCC(C)=O. The Balaban J connectivity index is 0. The number of nitrogens with one attached hydrogen (secondary N) is 1. The van der Waals surface area contributed by atoms with E-state index in [2.05, 4.69) is 12.2 Å². The smallest absolute Gasteiger partial charge is 0.325 e. The summed E-state index contributed by atoms with van der Waals surface area (Å²) < 4.78 is 4.98. The average molecular weight is 302 g/mol. The number of carbonyl (C=O) groups is 3. The van der Waals surface area contributed by atoms with Crippen LogP contribution in [0.1, 0.15) is 46.5 Å². The first-order valence-electron chi connectivity index (χ1n) is 7.42. The highest BCUT2D eigenvalue weighted by molar-refractivity contribution is 5.81. The first-order chi connectivity index (χ1) is 9.88. The average Bonchev–Trinajstić information content (AvgIpc) is 2.43. The molecule has 0 atom stereocenters. The molecule has 0 saturated heterocycles. The number of ether oxygens (including phenoxy) is 1. The molecule has 6 heteroatoms. The topological polar surface area (TPSA) is 75.7 Å². The molecule has 0 radical (unpaired) electrons. The molecule has 6 nitrogen and oxygen atoms in total. The van der Waals surface area contributed by atoms with Crippen molar-refractivity contribution in [2.75, 3.05) is 33.8 Å². The largest absolute Gasteiger partial charge is 0.464 e. The highest BCUT2D eigenvalue weighted by atomic mass is 16.5. The Morgan fingerprint density at radius 3 is 2.14 bits per heavy atom. The Hall–Kier alpha value is -1.43. The highest BCUT2D eigenvalue weighted by Gasteiger charge is 2.11. The fourth-order valence-electron chi connectivity index (χ4n) is 1.38. The van der Waals surface area contributed by atoms with Gasteiger partial charge in [-0.05, 0) is 20.4 Å². The van der Waals surface area contributed by atoms with Gasteiger partial charge in [-0.15, -0.1) is 0 Å². The minimum absolute atomic E-state index is 0.0412. The normalized spacial score (nSPS) is 9.38. The van der Waals surface area contributed by atoms with Gasteiger partial charge in [0.25, 0.3) is 0 Å². The Kier molecular flexibility index (Phi) is 15.6.